The van der Waals surface area contributed by atoms with Crippen LogP contribution in [0.5, 0.6) is 5.75 Å². The third-order valence-corrected chi connectivity index (χ3v) is 3.89. The molecule has 0 radical (unpaired) electrons. The number of hydrogen-bond acceptors (Lipinski definition) is 4. The Balaban J connectivity index is 1.87. The maximum absolute atomic E-state index is 12.0. The van der Waals surface area contributed by atoms with Crippen LogP contribution < -0.4 is 15.4 Å². The van der Waals surface area contributed by atoms with Gasteiger partial charge in [-0.1, -0.05) is 35.3 Å². The van der Waals surface area contributed by atoms with Crippen molar-refractivity contribution in [1.29, 1.82) is 0 Å². The maximum Gasteiger partial charge on any atom is 0.243 e. The highest BCUT2D eigenvalue weighted by Gasteiger charge is 2.08. The lowest BCUT2D eigenvalue weighted by molar-refractivity contribution is -0.114. The molecule has 5 nitrogen and oxygen atoms in total. The van der Waals surface area contributed by atoms with Gasteiger partial charge < -0.3 is 20.1 Å². The van der Waals surface area contributed by atoms with E-state index in [1.807, 2.05) is 24.3 Å². The zero-order valence-corrected chi connectivity index (χ0v) is 14.7. The molecular formula is C17H18Cl2N2O3. The third kappa shape index (κ3) is 5.60. The average Bonchev–Trinajstić information content (AvgIpc) is 2.58. The molecule has 2 rings (SSSR count). The van der Waals surface area contributed by atoms with Crippen molar-refractivity contribution in [3.63, 3.8) is 0 Å². The Bertz CT molecular complexity index is 695. The Morgan fingerprint density at radius 1 is 1.12 bits per heavy atom. The minimum absolute atomic E-state index is 0.0877. The highest BCUT2D eigenvalue weighted by atomic mass is 35.5. The van der Waals surface area contributed by atoms with Crippen molar-refractivity contribution in [1.82, 2.24) is 0 Å². The summed E-state index contributed by atoms with van der Waals surface area (Å²) in [5.41, 5.74) is 1.25. The zero-order valence-electron chi connectivity index (χ0n) is 13.1. The first kappa shape index (κ1) is 18.4. The summed E-state index contributed by atoms with van der Waals surface area (Å²) >= 11 is 12.0. The number of rotatable bonds is 8. The number of anilines is 2. The molecule has 7 heteroatoms. The predicted molar refractivity (Wildman–Crippen MR) is 97.4 cm³/mol. The number of nitrogens with one attached hydrogen (secondary N) is 2. The van der Waals surface area contributed by atoms with Gasteiger partial charge in [0.25, 0.3) is 0 Å². The third-order valence-electron chi connectivity index (χ3n) is 3.07. The Morgan fingerprint density at radius 3 is 2.71 bits per heavy atom. The summed E-state index contributed by atoms with van der Waals surface area (Å²) in [6, 6.07) is 12.4. The maximum atomic E-state index is 12.0. The standard InChI is InChI=1S/C17H18Cl2N2O3/c1-23-8-9-24-13-5-2-4-12(10-13)20-11-16(22)21-15-7-3-6-14(18)17(15)19/h2-7,10,20H,8-9,11H2,1H3,(H,21,22). The summed E-state index contributed by atoms with van der Waals surface area (Å²) in [6.45, 7) is 1.07. The zero-order chi connectivity index (χ0) is 17.4. The molecule has 0 aliphatic carbocycles. The molecule has 0 aromatic heterocycles. The number of carbonyl (C=O) groups is 1. The minimum atomic E-state index is -0.232. The molecular weight excluding hydrogens is 351 g/mol. The molecule has 1 amide bonds. The van der Waals surface area contributed by atoms with Gasteiger partial charge in [-0.15, -0.1) is 0 Å². The second kappa shape index (κ2) is 9.37. The van der Waals surface area contributed by atoms with Crippen LogP contribution in [0, 0.1) is 0 Å². The second-order valence-electron chi connectivity index (χ2n) is 4.87. The molecule has 0 fully saturated rings. The number of carbonyl (C=O) groups excluding carboxylic acids is 1. The summed E-state index contributed by atoms with van der Waals surface area (Å²) in [7, 11) is 1.62. The van der Waals surface area contributed by atoms with E-state index >= 15 is 0 Å². The summed E-state index contributed by atoms with van der Waals surface area (Å²) in [6.07, 6.45) is 0. The van der Waals surface area contributed by atoms with Crippen molar-refractivity contribution < 1.29 is 14.3 Å². The number of halogens is 2. The quantitative estimate of drug-likeness (QED) is 0.689. The molecule has 0 aliphatic rings. The minimum Gasteiger partial charge on any atom is -0.491 e. The molecule has 2 aromatic carbocycles. The average molecular weight is 369 g/mol. The molecule has 0 unspecified atom stereocenters. The first-order valence-corrected chi connectivity index (χ1v) is 8.05. The van der Waals surface area contributed by atoms with Gasteiger partial charge in [0.05, 0.1) is 28.9 Å². The van der Waals surface area contributed by atoms with Gasteiger partial charge in [0.1, 0.15) is 12.4 Å². The van der Waals surface area contributed by atoms with Crippen molar-refractivity contribution in [2.24, 2.45) is 0 Å². The molecule has 0 saturated carbocycles. The van der Waals surface area contributed by atoms with Gasteiger partial charge in [-0.05, 0) is 24.3 Å². The van der Waals surface area contributed by atoms with Crippen LogP contribution in [-0.4, -0.2) is 32.8 Å². The van der Waals surface area contributed by atoms with Crippen LogP contribution in [0.25, 0.3) is 0 Å². The Morgan fingerprint density at radius 2 is 1.92 bits per heavy atom. The Labute approximate surface area is 150 Å². The number of amides is 1. The predicted octanol–water partition coefficient (Wildman–Crippen LogP) is 4.07. The first-order chi connectivity index (χ1) is 11.6. The van der Waals surface area contributed by atoms with E-state index in [-0.39, 0.29) is 12.5 Å². The number of hydrogen-bond donors (Lipinski definition) is 2. The smallest absolute Gasteiger partial charge is 0.243 e. The SMILES string of the molecule is COCCOc1cccc(NCC(=O)Nc2cccc(Cl)c2Cl)c1. The normalized spacial score (nSPS) is 10.3. The van der Waals surface area contributed by atoms with Crippen LogP contribution in [0.15, 0.2) is 42.5 Å². The largest absolute Gasteiger partial charge is 0.491 e. The van der Waals surface area contributed by atoms with Crippen molar-refractivity contribution >= 4 is 40.5 Å². The van der Waals surface area contributed by atoms with Gasteiger partial charge in [0.15, 0.2) is 0 Å². The van der Waals surface area contributed by atoms with Crippen molar-refractivity contribution in [2.45, 2.75) is 0 Å². The van der Waals surface area contributed by atoms with E-state index in [1.54, 1.807) is 25.3 Å². The molecule has 0 atom stereocenters. The van der Waals surface area contributed by atoms with Gasteiger partial charge in [-0.25, -0.2) is 0 Å². The van der Waals surface area contributed by atoms with Gasteiger partial charge in [0.2, 0.25) is 5.91 Å². The highest BCUT2D eigenvalue weighted by Crippen LogP contribution is 2.29. The van der Waals surface area contributed by atoms with Crippen molar-refractivity contribution in [2.75, 3.05) is 37.5 Å². The van der Waals surface area contributed by atoms with E-state index in [2.05, 4.69) is 10.6 Å². The van der Waals surface area contributed by atoms with Crippen LogP contribution in [0.1, 0.15) is 0 Å². The lowest BCUT2D eigenvalue weighted by atomic mass is 10.3. The fourth-order valence-electron chi connectivity index (χ4n) is 1.92. The van der Waals surface area contributed by atoms with E-state index in [4.69, 9.17) is 32.7 Å². The van der Waals surface area contributed by atoms with Crippen LogP contribution >= 0.6 is 23.2 Å². The van der Waals surface area contributed by atoms with E-state index in [1.165, 1.54) is 0 Å². The van der Waals surface area contributed by atoms with Gasteiger partial charge in [-0.2, -0.15) is 0 Å². The summed E-state index contributed by atoms with van der Waals surface area (Å²) in [4.78, 5) is 12.0. The molecule has 0 bridgehead atoms. The molecule has 0 aliphatic heterocycles. The van der Waals surface area contributed by atoms with Gasteiger partial charge in [-0.3, -0.25) is 4.79 Å². The molecule has 128 valence electrons. The van der Waals surface area contributed by atoms with E-state index in [0.717, 1.165) is 5.69 Å². The molecule has 0 heterocycles. The summed E-state index contributed by atoms with van der Waals surface area (Å²) in [5, 5.41) is 6.45. The second-order valence-corrected chi connectivity index (χ2v) is 5.66. The first-order valence-electron chi connectivity index (χ1n) is 7.29. The summed E-state index contributed by atoms with van der Waals surface area (Å²) < 4.78 is 10.5. The van der Waals surface area contributed by atoms with Crippen LogP contribution in [0.4, 0.5) is 11.4 Å². The molecule has 2 aromatic rings. The van der Waals surface area contributed by atoms with Crippen LogP contribution in [-0.2, 0) is 9.53 Å². The Hall–Kier alpha value is -1.95. The fraction of sp³-hybridized carbons (Fsp3) is 0.235. The topological polar surface area (TPSA) is 59.6 Å². The van der Waals surface area contributed by atoms with Crippen LogP contribution in [0.2, 0.25) is 10.0 Å². The molecule has 24 heavy (non-hydrogen) atoms. The monoisotopic (exact) mass is 368 g/mol. The lowest BCUT2D eigenvalue weighted by Gasteiger charge is -2.11. The van der Waals surface area contributed by atoms with Crippen molar-refractivity contribution in [3.05, 3.63) is 52.5 Å². The van der Waals surface area contributed by atoms with Crippen LogP contribution in [0.3, 0.4) is 0 Å². The number of ether oxygens (including phenoxy) is 2. The number of benzene rings is 2. The van der Waals surface area contributed by atoms with E-state index in [0.29, 0.717) is 34.7 Å². The van der Waals surface area contributed by atoms with E-state index < -0.39 is 0 Å². The summed E-state index contributed by atoms with van der Waals surface area (Å²) in [5.74, 6) is 0.472. The van der Waals surface area contributed by atoms with Gasteiger partial charge in [0, 0.05) is 18.9 Å². The fourth-order valence-corrected chi connectivity index (χ4v) is 2.26. The van der Waals surface area contributed by atoms with E-state index in [9.17, 15) is 4.79 Å². The lowest BCUT2D eigenvalue weighted by Crippen LogP contribution is -2.21. The van der Waals surface area contributed by atoms with Crippen molar-refractivity contribution in [3.8, 4) is 5.75 Å². The highest BCUT2D eigenvalue weighted by molar-refractivity contribution is 6.44. The molecule has 0 spiro atoms. The number of methoxy groups -OCH3 is 1. The molecule has 2 N–H and O–H groups in total. The molecule has 0 saturated heterocycles. The van der Waals surface area contributed by atoms with Gasteiger partial charge >= 0.3 is 0 Å². The Kier molecular flexibility index (Phi) is 7.18.